The molecule has 0 aliphatic carbocycles. The molecule has 9 nitrogen and oxygen atoms in total. The topological polar surface area (TPSA) is 91.8 Å². The molecule has 1 amide bonds. The molecule has 0 bridgehead atoms. The number of aliphatic hydroxyl groups excluding tert-OH is 1. The van der Waals surface area contributed by atoms with Crippen molar-refractivity contribution in [2.75, 3.05) is 64.4 Å². The summed E-state index contributed by atoms with van der Waals surface area (Å²) in [7, 11) is 0. The van der Waals surface area contributed by atoms with Crippen molar-refractivity contribution in [1.29, 1.82) is 0 Å². The number of nitrogens with zero attached hydrogens (tertiary/aromatic N) is 3. The molecule has 10 heteroatoms. The third-order valence-corrected chi connectivity index (χ3v) is 8.16. The molecule has 3 heterocycles. The first-order chi connectivity index (χ1) is 21.3. The van der Waals surface area contributed by atoms with Crippen molar-refractivity contribution in [3.8, 4) is 0 Å². The molecule has 0 spiro atoms. The third kappa shape index (κ3) is 9.02. The van der Waals surface area contributed by atoms with Crippen LogP contribution >= 0.6 is 0 Å². The fraction of sp³-hybridized carbons (Fsp3) is 0.625. The number of cyclic esters (lactones) is 1. The predicted octanol–water partition coefficient (Wildman–Crippen LogP) is 4.10. The molecule has 0 unspecified atom stereocenters. The van der Waals surface area contributed by atoms with E-state index < -0.39 is 37.4 Å². The Morgan fingerprint density at radius 2 is 1.83 bits per heavy atom. The van der Waals surface area contributed by atoms with E-state index in [0.29, 0.717) is 50.3 Å². The molecule has 4 rings (SSSR count). The van der Waals surface area contributed by atoms with E-state index in [9.17, 15) is 19.1 Å². The minimum Gasteiger partial charge on any atom is -0.457 e. The number of likely N-dealkylation sites (N-methyl/N-ethyl adjacent to an activating group) is 1. The van der Waals surface area contributed by atoms with Gasteiger partial charge in [0.2, 0.25) is 0 Å². The van der Waals surface area contributed by atoms with Gasteiger partial charge in [-0.15, -0.1) is 0 Å². The number of hydrogen-bond donors (Lipinski definition) is 1. The maximum atomic E-state index is 14.7. The molecule has 2 fully saturated rings. The molecule has 2 saturated heterocycles. The second kappa shape index (κ2) is 15.0. The molecule has 232 valence electrons. The van der Waals surface area contributed by atoms with E-state index in [2.05, 4.69) is 4.90 Å². The van der Waals surface area contributed by atoms with Gasteiger partial charge in [0.1, 0.15) is 18.0 Å². The number of rotatable bonds is 4. The first-order valence-corrected chi connectivity index (χ1v) is 14.9. The number of hydrogen-bond acceptors (Lipinski definition) is 8. The molecule has 0 aromatic heterocycles. The second-order valence-corrected chi connectivity index (χ2v) is 11.6. The van der Waals surface area contributed by atoms with Crippen LogP contribution in [0.15, 0.2) is 35.9 Å². The van der Waals surface area contributed by atoms with Gasteiger partial charge in [-0.3, -0.25) is 4.79 Å². The Balaban J connectivity index is 1.53. The van der Waals surface area contributed by atoms with Crippen LogP contribution in [0.4, 0.5) is 14.9 Å². The highest BCUT2D eigenvalue weighted by atomic mass is 19.1. The lowest BCUT2D eigenvalue weighted by atomic mass is 9.91. The fourth-order valence-electron chi connectivity index (χ4n) is 5.56. The van der Waals surface area contributed by atoms with Crippen LogP contribution in [-0.4, -0.2) is 105 Å². The molecule has 1 aromatic carbocycles. The predicted molar refractivity (Wildman–Crippen MR) is 160 cm³/mol. The number of carbonyl (C=O) groups is 2. The Bertz CT molecular complexity index is 1230. The first-order valence-electron chi connectivity index (χ1n) is 16.4. The number of morpholine rings is 1. The minimum atomic E-state index is -2.20. The lowest BCUT2D eigenvalue weighted by molar-refractivity contribution is -0.151. The minimum absolute atomic E-state index is 0.160. The average molecular weight is 591 g/mol. The monoisotopic (exact) mass is 590 g/mol. The lowest BCUT2D eigenvalue weighted by Crippen LogP contribution is -2.48. The Hall–Kier alpha value is -2.95. The van der Waals surface area contributed by atoms with Crippen LogP contribution in [-0.2, 0) is 19.0 Å². The molecule has 0 radical (unpaired) electrons. The Morgan fingerprint density at radius 3 is 2.55 bits per heavy atom. The van der Waals surface area contributed by atoms with Crippen molar-refractivity contribution >= 4 is 23.8 Å². The molecule has 1 N–H and O–H groups in total. The van der Waals surface area contributed by atoms with Crippen molar-refractivity contribution in [3.63, 3.8) is 0 Å². The van der Waals surface area contributed by atoms with Crippen LogP contribution in [0, 0.1) is 17.7 Å². The fourth-order valence-corrected chi connectivity index (χ4v) is 5.56. The Morgan fingerprint density at radius 1 is 1.10 bits per heavy atom. The van der Waals surface area contributed by atoms with E-state index in [4.69, 9.17) is 18.3 Å². The first kappa shape index (κ1) is 27.9. The van der Waals surface area contributed by atoms with Crippen LogP contribution in [0.25, 0.3) is 6.08 Å². The summed E-state index contributed by atoms with van der Waals surface area (Å²) in [6.45, 7) is 6.84. The molecular formula is C32H46FN3O6. The van der Waals surface area contributed by atoms with E-state index in [1.165, 1.54) is 21.9 Å². The van der Waals surface area contributed by atoms with Gasteiger partial charge in [-0.1, -0.05) is 26.0 Å². The summed E-state index contributed by atoms with van der Waals surface area (Å²) in [4.78, 5) is 30.9. The maximum absolute atomic E-state index is 14.7. The summed E-state index contributed by atoms with van der Waals surface area (Å²) in [5, 5.41) is 10.6. The normalized spacial score (nSPS) is 31.1. The number of esters is 1. The summed E-state index contributed by atoms with van der Waals surface area (Å²) in [6, 6.07) is 4.83. The quantitative estimate of drug-likeness (QED) is 0.414. The standard InChI is InChI=1S/C32H46FN3O6/c1-22-5-7-28(37)21-30(38)42-31(23(2)6-8-29(22)41-32(39)36-11-9-34(4)10-12-36)24(3)17-25-18-26(33)20-27(19-25)35-13-15-40-16-14-35/h6,8,17-20,22-23,28-29,31,37H,5,7,9-16,21H2,1-4H3/b8-6+,24-17+/t22-,23+,28-,29+,31+/m0/s1/i4D3. The van der Waals surface area contributed by atoms with Crippen molar-refractivity contribution < 1.29 is 37.4 Å². The van der Waals surface area contributed by atoms with Crippen LogP contribution in [0.5, 0.6) is 0 Å². The number of ether oxygens (including phenoxy) is 3. The summed E-state index contributed by atoms with van der Waals surface area (Å²) in [6.07, 6.45) is 3.33. The summed E-state index contributed by atoms with van der Waals surface area (Å²) in [5.74, 6) is -1.40. The molecular weight excluding hydrogens is 541 g/mol. The number of halogens is 1. The third-order valence-electron chi connectivity index (χ3n) is 8.16. The number of carbonyl (C=O) groups excluding carboxylic acids is 2. The summed E-state index contributed by atoms with van der Waals surface area (Å²) < 4.78 is 54.7. The van der Waals surface area contributed by atoms with E-state index in [0.717, 1.165) is 5.69 Å². The van der Waals surface area contributed by atoms with Crippen molar-refractivity contribution in [1.82, 2.24) is 9.80 Å². The van der Waals surface area contributed by atoms with Gasteiger partial charge in [-0.25, -0.2) is 9.18 Å². The van der Waals surface area contributed by atoms with Crippen molar-refractivity contribution in [2.24, 2.45) is 11.8 Å². The number of aliphatic hydroxyl groups is 1. The number of benzene rings is 1. The van der Waals surface area contributed by atoms with Crippen LogP contribution in [0.2, 0.25) is 0 Å². The Kier molecular flexibility index (Phi) is 9.94. The van der Waals surface area contributed by atoms with Crippen LogP contribution in [0.3, 0.4) is 0 Å². The summed E-state index contributed by atoms with van der Waals surface area (Å²) >= 11 is 0. The van der Waals surface area contributed by atoms with Crippen LogP contribution < -0.4 is 4.90 Å². The van der Waals surface area contributed by atoms with E-state index in [1.807, 2.05) is 32.9 Å². The highest BCUT2D eigenvalue weighted by Gasteiger charge is 2.29. The largest absolute Gasteiger partial charge is 0.457 e. The molecule has 5 atom stereocenters. The van der Waals surface area contributed by atoms with E-state index in [1.54, 1.807) is 12.2 Å². The van der Waals surface area contributed by atoms with Gasteiger partial charge in [-0.2, -0.15) is 0 Å². The Labute approximate surface area is 253 Å². The van der Waals surface area contributed by atoms with Gasteiger partial charge in [0, 0.05) is 55.0 Å². The zero-order valence-corrected chi connectivity index (χ0v) is 24.8. The maximum Gasteiger partial charge on any atom is 0.410 e. The van der Waals surface area contributed by atoms with Crippen molar-refractivity contribution in [3.05, 3.63) is 47.3 Å². The van der Waals surface area contributed by atoms with Gasteiger partial charge >= 0.3 is 12.1 Å². The zero-order chi connectivity index (χ0) is 32.7. The molecule has 0 saturated carbocycles. The smallest absolute Gasteiger partial charge is 0.410 e. The average Bonchev–Trinajstić information content (AvgIpc) is 2.99. The van der Waals surface area contributed by atoms with Gasteiger partial charge < -0.3 is 34.0 Å². The molecule has 1 aromatic rings. The van der Waals surface area contributed by atoms with Gasteiger partial charge in [-0.05, 0) is 68.1 Å². The van der Waals surface area contributed by atoms with Gasteiger partial charge in [0.15, 0.2) is 0 Å². The number of anilines is 1. The van der Waals surface area contributed by atoms with Crippen molar-refractivity contribution in [2.45, 2.75) is 58.3 Å². The van der Waals surface area contributed by atoms with Gasteiger partial charge in [0.05, 0.1) is 25.7 Å². The SMILES string of the molecule is [2H]C([2H])([2H])N1CCN(C(=O)O[C@@H]2/C=C/[C@@H](C)[C@H](/C(C)=C/c3cc(F)cc(N4CCOCC4)c3)OC(=O)C[C@@H](O)CC[C@@H]2C)CC1. The zero-order valence-electron chi connectivity index (χ0n) is 27.8. The van der Waals surface area contributed by atoms with E-state index in [-0.39, 0.29) is 50.3 Å². The molecule has 3 aliphatic heterocycles. The second-order valence-electron chi connectivity index (χ2n) is 11.6. The van der Waals surface area contributed by atoms with Gasteiger partial charge in [0.25, 0.3) is 0 Å². The van der Waals surface area contributed by atoms with Crippen LogP contribution in [0.1, 0.15) is 49.7 Å². The summed E-state index contributed by atoms with van der Waals surface area (Å²) in [5.41, 5.74) is 2.08. The highest BCUT2D eigenvalue weighted by molar-refractivity contribution is 5.71. The molecule has 42 heavy (non-hydrogen) atoms. The van der Waals surface area contributed by atoms with E-state index >= 15 is 0 Å². The lowest BCUT2D eigenvalue weighted by Gasteiger charge is -2.33. The number of piperazine rings is 1. The highest BCUT2D eigenvalue weighted by Crippen LogP contribution is 2.27. The molecule has 3 aliphatic rings. The number of amides is 1.